The zero-order valence-corrected chi connectivity index (χ0v) is 12.1. The smallest absolute Gasteiger partial charge is 0.120 e. The average molecular weight is 274 g/mol. The third-order valence-corrected chi connectivity index (χ3v) is 3.05. The maximum Gasteiger partial charge on any atom is 0.120 e. The first-order chi connectivity index (χ1) is 9.67. The summed E-state index contributed by atoms with van der Waals surface area (Å²) in [6.45, 7) is 4.21. The Labute approximate surface area is 120 Å². The van der Waals surface area contributed by atoms with Crippen LogP contribution in [0.1, 0.15) is 18.1 Å². The number of rotatable bonds is 7. The number of hydrogen-bond donors (Lipinski definition) is 1. The number of furan rings is 1. The minimum Gasteiger partial charge on any atom is -0.489 e. The Hall–Kier alpha value is -1.78. The van der Waals surface area contributed by atoms with Gasteiger partial charge in [-0.3, -0.25) is 4.90 Å². The zero-order valence-electron chi connectivity index (χ0n) is 12.1. The summed E-state index contributed by atoms with van der Waals surface area (Å²) >= 11 is 0. The van der Waals surface area contributed by atoms with Gasteiger partial charge in [-0.05, 0) is 37.7 Å². The van der Waals surface area contributed by atoms with Crippen molar-refractivity contribution >= 4 is 0 Å². The molecule has 4 nitrogen and oxygen atoms in total. The van der Waals surface area contributed by atoms with E-state index >= 15 is 0 Å². The van der Waals surface area contributed by atoms with E-state index in [1.54, 1.807) is 12.5 Å². The van der Waals surface area contributed by atoms with Crippen LogP contribution in [0.3, 0.4) is 0 Å². The van der Waals surface area contributed by atoms with E-state index in [4.69, 9.17) is 14.9 Å². The van der Waals surface area contributed by atoms with Gasteiger partial charge in [0.15, 0.2) is 0 Å². The van der Waals surface area contributed by atoms with Gasteiger partial charge in [0.2, 0.25) is 0 Å². The standard InChI is InChI=1S/C16H22N2O2/c1-13(9-17)20-16-5-3-4-14(8-16)10-18(2)11-15-6-7-19-12-15/h3-8,12-13H,9-11,17H2,1-2H3. The van der Waals surface area contributed by atoms with Gasteiger partial charge in [0.05, 0.1) is 12.5 Å². The molecule has 1 aromatic heterocycles. The molecule has 0 saturated carbocycles. The highest BCUT2D eigenvalue weighted by Crippen LogP contribution is 2.16. The van der Waals surface area contributed by atoms with Gasteiger partial charge in [-0.1, -0.05) is 12.1 Å². The molecule has 2 aromatic rings. The molecule has 0 radical (unpaired) electrons. The van der Waals surface area contributed by atoms with E-state index in [0.717, 1.165) is 18.8 Å². The van der Waals surface area contributed by atoms with E-state index in [1.807, 2.05) is 25.1 Å². The Bertz CT molecular complexity index is 511. The van der Waals surface area contributed by atoms with E-state index < -0.39 is 0 Å². The molecule has 4 heteroatoms. The van der Waals surface area contributed by atoms with Gasteiger partial charge in [-0.15, -0.1) is 0 Å². The van der Waals surface area contributed by atoms with Crippen LogP contribution >= 0.6 is 0 Å². The molecule has 20 heavy (non-hydrogen) atoms. The van der Waals surface area contributed by atoms with E-state index in [9.17, 15) is 0 Å². The third kappa shape index (κ3) is 4.40. The highest BCUT2D eigenvalue weighted by atomic mass is 16.5. The third-order valence-electron chi connectivity index (χ3n) is 3.05. The normalized spacial score (nSPS) is 12.6. The van der Waals surface area contributed by atoms with Crippen molar-refractivity contribution in [2.45, 2.75) is 26.1 Å². The Morgan fingerprint density at radius 3 is 2.75 bits per heavy atom. The second-order valence-electron chi connectivity index (χ2n) is 5.12. The van der Waals surface area contributed by atoms with Crippen LogP contribution in [0.5, 0.6) is 5.75 Å². The molecule has 108 valence electrons. The monoisotopic (exact) mass is 274 g/mol. The number of nitrogens with zero attached hydrogens (tertiary/aromatic N) is 1. The summed E-state index contributed by atoms with van der Waals surface area (Å²) in [5.74, 6) is 0.872. The Kier molecular flexibility index (Phi) is 5.21. The molecule has 0 aliphatic heterocycles. The van der Waals surface area contributed by atoms with Crippen molar-refractivity contribution in [3.63, 3.8) is 0 Å². The van der Waals surface area contributed by atoms with Gasteiger partial charge in [-0.2, -0.15) is 0 Å². The molecule has 1 heterocycles. The molecule has 1 unspecified atom stereocenters. The average Bonchev–Trinajstić information content (AvgIpc) is 2.91. The second kappa shape index (κ2) is 7.12. The molecule has 1 aromatic carbocycles. The lowest BCUT2D eigenvalue weighted by atomic mass is 10.2. The van der Waals surface area contributed by atoms with Gasteiger partial charge in [0.25, 0.3) is 0 Å². The summed E-state index contributed by atoms with van der Waals surface area (Å²) < 4.78 is 10.8. The summed E-state index contributed by atoms with van der Waals surface area (Å²) in [5, 5.41) is 0. The summed E-state index contributed by atoms with van der Waals surface area (Å²) in [6, 6.07) is 10.1. The van der Waals surface area contributed by atoms with Crippen molar-refractivity contribution in [3.8, 4) is 5.75 Å². The maximum atomic E-state index is 5.73. The topological polar surface area (TPSA) is 51.6 Å². The predicted octanol–water partition coefficient (Wildman–Crippen LogP) is 2.64. The highest BCUT2D eigenvalue weighted by molar-refractivity contribution is 5.28. The first kappa shape index (κ1) is 14.6. The lowest BCUT2D eigenvalue weighted by Gasteiger charge is -2.17. The summed E-state index contributed by atoms with van der Waals surface area (Å²) in [5.41, 5.74) is 7.97. The first-order valence-electron chi connectivity index (χ1n) is 6.82. The van der Waals surface area contributed by atoms with Crippen LogP contribution in [0, 0.1) is 0 Å². The molecule has 0 spiro atoms. The fraction of sp³-hybridized carbons (Fsp3) is 0.375. The van der Waals surface area contributed by atoms with E-state index in [0.29, 0.717) is 6.54 Å². The van der Waals surface area contributed by atoms with Crippen molar-refractivity contribution in [3.05, 3.63) is 54.0 Å². The Morgan fingerprint density at radius 2 is 2.05 bits per heavy atom. The number of hydrogen-bond acceptors (Lipinski definition) is 4. The lowest BCUT2D eigenvalue weighted by Crippen LogP contribution is -2.23. The Morgan fingerprint density at radius 1 is 1.25 bits per heavy atom. The minimum absolute atomic E-state index is 0.0360. The predicted molar refractivity (Wildman–Crippen MR) is 79.5 cm³/mol. The minimum atomic E-state index is 0.0360. The zero-order chi connectivity index (χ0) is 14.4. The van der Waals surface area contributed by atoms with Crippen molar-refractivity contribution < 1.29 is 9.15 Å². The first-order valence-corrected chi connectivity index (χ1v) is 6.82. The molecule has 0 saturated heterocycles. The van der Waals surface area contributed by atoms with E-state index in [-0.39, 0.29) is 6.10 Å². The summed E-state index contributed by atoms with van der Waals surface area (Å²) in [7, 11) is 2.09. The SMILES string of the molecule is CC(CN)Oc1cccc(CN(C)Cc2ccoc2)c1. The second-order valence-corrected chi connectivity index (χ2v) is 5.12. The molecule has 0 amide bonds. The van der Waals surface area contributed by atoms with Crippen LogP contribution in [-0.2, 0) is 13.1 Å². The molecule has 2 rings (SSSR count). The number of benzene rings is 1. The van der Waals surface area contributed by atoms with E-state index in [2.05, 4.69) is 24.1 Å². The van der Waals surface area contributed by atoms with Gasteiger partial charge in [0, 0.05) is 25.2 Å². The maximum absolute atomic E-state index is 5.73. The van der Waals surface area contributed by atoms with Gasteiger partial charge in [-0.25, -0.2) is 0 Å². The summed E-state index contributed by atoms with van der Waals surface area (Å²) in [4.78, 5) is 2.23. The van der Waals surface area contributed by atoms with Crippen molar-refractivity contribution in [2.75, 3.05) is 13.6 Å². The molecule has 2 N–H and O–H groups in total. The number of ether oxygens (including phenoxy) is 1. The van der Waals surface area contributed by atoms with Gasteiger partial charge in [0.1, 0.15) is 11.9 Å². The van der Waals surface area contributed by atoms with E-state index in [1.165, 1.54) is 11.1 Å². The van der Waals surface area contributed by atoms with Crippen molar-refractivity contribution in [2.24, 2.45) is 5.73 Å². The van der Waals surface area contributed by atoms with Crippen LogP contribution in [-0.4, -0.2) is 24.6 Å². The molecule has 0 fully saturated rings. The van der Waals surface area contributed by atoms with Crippen molar-refractivity contribution in [1.82, 2.24) is 4.90 Å². The van der Waals surface area contributed by atoms with Crippen LogP contribution in [0.25, 0.3) is 0 Å². The van der Waals surface area contributed by atoms with Crippen LogP contribution in [0.4, 0.5) is 0 Å². The van der Waals surface area contributed by atoms with Crippen LogP contribution < -0.4 is 10.5 Å². The molecule has 0 aliphatic carbocycles. The molecular weight excluding hydrogens is 252 g/mol. The fourth-order valence-electron chi connectivity index (χ4n) is 2.06. The summed E-state index contributed by atoms with van der Waals surface area (Å²) in [6.07, 6.45) is 3.51. The molecular formula is C16H22N2O2. The highest BCUT2D eigenvalue weighted by Gasteiger charge is 2.05. The largest absolute Gasteiger partial charge is 0.489 e. The fourth-order valence-corrected chi connectivity index (χ4v) is 2.06. The lowest BCUT2D eigenvalue weighted by molar-refractivity contribution is 0.229. The van der Waals surface area contributed by atoms with Crippen LogP contribution in [0.15, 0.2) is 47.3 Å². The van der Waals surface area contributed by atoms with Gasteiger partial charge >= 0.3 is 0 Å². The quantitative estimate of drug-likeness (QED) is 0.843. The number of nitrogens with two attached hydrogens (primary N) is 1. The van der Waals surface area contributed by atoms with Crippen LogP contribution in [0.2, 0.25) is 0 Å². The Balaban J connectivity index is 1.93. The molecule has 0 aliphatic rings. The molecule has 1 atom stereocenters. The van der Waals surface area contributed by atoms with Gasteiger partial charge < -0.3 is 14.9 Å². The molecule has 0 bridgehead atoms. The van der Waals surface area contributed by atoms with Crippen molar-refractivity contribution in [1.29, 1.82) is 0 Å².